The molecular formula is C19H17NO2. The lowest BCUT2D eigenvalue weighted by Gasteiger charge is -2.32. The van der Waals surface area contributed by atoms with Crippen molar-refractivity contribution in [2.24, 2.45) is 0 Å². The summed E-state index contributed by atoms with van der Waals surface area (Å²) in [5.41, 5.74) is 3.67. The predicted molar refractivity (Wildman–Crippen MR) is 86.4 cm³/mol. The molecule has 4 rings (SSSR count). The molecule has 3 heteroatoms. The van der Waals surface area contributed by atoms with Gasteiger partial charge in [-0.3, -0.25) is 0 Å². The quantitative estimate of drug-likeness (QED) is 0.696. The lowest BCUT2D eigenvalue weighted by molar-refractivity contribution is 0.174. The van der Waals surface area contributed by atoms with Crippen LogP contribution in [0.5, 0.6) is 11.5 Å². The number of rotatable bonds is 0. The molecule has 2 aromatic rings. The van der Waals surface area contributed by atoms with Gasteiger partial charge >= 0.3 is 0 Å². The first-order valence-corrected chi connectivity index (χ1v) is 7.53. The normalized spacial score (nSPS) is 18.4. The number of hydrogen-bond acceptors (Lipinski definition) is 3. The highest BCUT2D eigenvalue weighted by atomic mass is 16.7. The van der Waals surface area contributed by atoms with Gasteiger partial charge in [0.25, 0.3) is 0 Å². The number of benzene rings is 2. The molecule has 2 aromatic carbocycles. The molecule has 0 aromatic heterocycles. The minimum absolute atomic E-state index is 0.250. The summed E-state index contributed by atoms with van der Waals surface area (Å²) >= 11 is 0. The van der Waals surface area contributed by atoms with E-state index in [1.54, 1.807) is 0 Å². The summed E-state index contributed by atoms with van der Waals surface area (Å²) in [6, 6.07) is 14.7. The number of aryl methyl sites for hydroxylation is 1. The highest BCUT2D eigenvalue weighted by molar-refractivity contribution is 5.58. The first-order chi connectivity index (χ1) is 10.8. The van der Waals surface area contributed by atoms with E-state index in [0.29, 0.717) is 6.79 Å². The number of nitrogens with zero attached hydrogens (tertiary/aromatic N) is 1. The van der Waals surface area contributed by atoms with Crippen LogP contribution < -0.4 is 14.4 Å². The van der Waals surface area contributed by atoms with Crippen LogP contribution in [0.15, 0.2) is 42.5 Å². The van der Waals surface area contributed by atoms with Gasteiger partial charge in [-0.25, -0.2) is 0 Å². The Morgan fingerprint density at radius 3 is 2.91 bits per heavy atom. The highest BCUT2D eigenvalue weighted by Crippen LogP contribution is 2.32. The predicted octanol–water partition coefficient (Wildman–Crippen LogP) is 3.22. The van der Waals surface area contributed by atoms with E-state index in [1.807, 2.05) is 18.2 Å². The maximum atomic E-state index is 5.40. The minimum Gasteiger partial charge on any atom is -0.454 e. The third-order valence-electron chi connectivity index (χ3n) is 4.28. The van der Waals surface area contributed by atoms with Crippen LogP contribution in [0.3, 0.4) is 0 Å². The molecule has 0 N–H and O–H groups in total. The van der Waals surface area contributed by atoms with E-state index in [2.05, 4.69) is 48.1 Å². The van der Waals surface area contributed by atoms with E-state index < -0.39 is 0 Å². The average Bonchev–Trinajstić information content (AvgIpc) is 3.02. The molecule has 1 unspecified atom stereocenters. The molecule has 0 fully saturated rings. The van der Waals surface area contributed by atoms with Crippen LogP contribution in [0.25, 0.3) is 0 Å². The number of ether oxygens (including phenoxy) is 2. The van der Waals surface area contributed by atoms with Gasteiger partial charge in [0.1, 0.15) is 0 Å². The maximum absolute atomic E-state index is 5.40. The van der Waals surface area contributed by atoms with E-state index in [1.165, 1.54) is 11.3 Å². The van der Waals surface area contributed by atoms with Crippen LogP contribution in [0.2, 0.25) is 0 Å². The van der Waals surface area contributed by atoms with E-state index in [4.69, 9.17) is 9.47 Å². The fourth-order valence-corrected chi connectivity index (χ4v) is 3.03. The van der Waals surface area contributed by atoms with E-state index in [9.17, 15) is 0 Å². The molecule has 0 aliphatic carbocycles. The van der Waals surface area contributed by atoms with Gasteiger partial charge in [-0.15, -0.1) is 0 Å². The van der Waals surface area contributed by atoms with Crippen LogP contribution in [-0.2, 0) is 6.42 Å². The van der Waals surface area contributed by atoms with Crippen molar-refractivity contribution in [2.45, 2.75) is 18.9 Å². The molecule has 2 heterocycles. The fraction of sp³-hybridized carbons (Fsp3) is 0.263. The van der Waals surface area contributed by atoms with E-state index in [-0.39, 0.29) is 6.04 Å². The molecule has 2 aliphatic rings. The zero-order valence-electron chi connectivity index (χ0n) is 12.5. The van der Waals surface area contributed by atoms with Crippen LogP contribution in [0.4, 0.5) is 5.69 Å². The Labute approximate surface area is 130 Å². The van der Waals surface area contributed by atoms with Crippen molar-refractivity contribution in [3.8, 4) is 23.3 Å². The van der Waals surface area contributed by atoms with Crippen LogP contribution in [-0.4, -0.2) is 19.9 Å². The fourth-order valence-electron chi connectivity index (χ4n) is 3.03. The van der Waals surface area contributed by atoms with E-state index >= 15 is 0 Å². The second kappa shape index (κ2) is 5.31. The van der Waals surface area contributed by atoms with Gasteiger partial charge in [-0.05, 0) is 42.7 Å². The Bertz CT molecular complexity index is 772. The van der Waals surface area contributed by atoms with Gasteiger partial charge in [0.05, 0.1) is 6.04 Å². The molecule has 0 spiro atoms. The monoisotopic (exact) mass is 291 g/mol. The first-order valence-electron chi connectivity index (χ1n) is 7.53. The van der Waals surface area contributed by atoms with Crippen LogP contribution in [0.1, 0.15) is 17.5 Å². The Hall–Kier alpha value is -2.60. The SMILES string of the molecule is CN1c2ccccc2CCC1C#Cc1ccc2c(c1)OCO2. The molecule has 3 nitrogen and oxygen atoms in total. The smallest absolute Gasteiger partial charge is 0.231 e. The summed E-state index contributed by atoms with van der Waals surface area (Å²) in [6.07, 6.45) is 2.14. The Kier molecular flexibility index (Phi) is 3.16. The van der Waals surface area contributed by atoms with Gasteiger partial charge in [-0.1, -0.05) is 30.0 Å². The Balaban J connectivity index is 1.58. The van der Waals surface area contributed by atoms with Crippen molar-refractivity contribution < 1.29 is 9.47 Å². The second-order valence-corrected chi connectivity index (χ2v) is 5.63. The summed E-state index contributed by atoms with van der Waals surface area (Å²) in [5.74, 6) is 8.26. The Morgan fingerprint density at radius 1 is 1.09 bits per heavy atom. The maximum Gasteiger partial charge on any atom is 0.231 e. The molecular weight excluding hydrogens is 274 g/mol. The largest absolute Gasteiger partial charge is 0.454 e. The van der Waals surface area contributed by atoms with Crippen molar-refractivity contribution in [1.29, 1.82) is 0 Å². The third-order valence-corrected chi connectivity index (χ3v) is 4.28. The molecule has 0 amide bonds. The molecule has 0 radical (unpaired) electrons. The summed E-state index contributed by atoms with van der Waals surface area (Å²) in [4.78, 5) is 2.28. The average molecular weight is 291 g/mol. The van der Waals surface area contributed by atoms with Crippen molar-refractivity contribution in [3.63, 3.8) is 0 Å². The van der Waals surface area contributed by atoms with Gasteiger partial charge in [0, 0.05) is 18.3 Å². The van der Waals surface area contributed by atoms with Gasteiger partial charge in [0.2, 0.25) is 6.79 Å². The second-order valence-electron chi connectivity index (χ2n) is 5.63. The van der Waals surface area contributed by atoms with Crippen molar-refractivity contribution in [2.75, 3.05) is 18.7 Å². The standard InChI is InChI=1S/C19H17NO2/c1-20-16(10-8-15-4-2-3-5-17(15)20)9-6-14-7-11-18-19(12-14)22-13-21-18/h2-5,7,11-12,16H,8,10,13H2,1H3. The number of anilines is 1. The summed E-state index contributed by atoms with van der Waals surface area (Å²) < 4.78 is 10.7. The zero-order chi connectivity index (χ0) is 14.9. The summed E-state index contributed by atoms with van der Waals surface area (Å²) in [7, 11) is 2.12. The number of fused-ring (bicyclic) bond motifs is 2. The molecule has 1 atom stereocenters. The van der Waals surface area contributed by atoms with Crippen LogP contribution >= 0.6 is 0 Å². The molecule has 0 saturated carbocycles. The lowest BCUT2D eigenvalue weighted by Crippen LogP contribution is -2.34. The number of para-hydroxylation sites is 1. The van der Waals surface area contributed by atoms with Gasteiger partial charge in [-0.2, -0.15) is 0 Å². The molecule has 2 aliphatic heterocycles. The van der Waals surface area contributed by atoms with Crippen LogP contribution in [0, 0.1) is 11.8 Å². The zero-order valence-corrected chi connectivity index (χ0v) is 12.5. The summed E-state index contributed by atoms with van der Waals surface area (Å²) in [6.45, 7) is 0.300. The minimum atomic E-state index is 0.250. The van der Waals surface area contributed by atoms with Gasteiger partial charge in [0.15, 0.2) is 11.5 Å². The van der Waals surface area contributed by atoms with E-state index in [0.717, 1.165) is 29.9 Å². The van der Waals surface area contributed by atoms with Crippen molar-refractivity contribution >= 4 is 5.69 Å². The summed E-state index contributed by atoms with van der Waals surface area (Å²) in [5, 5.41) is 0. The molecule has 22 heavy (non-hydrogen) atoms. The molecule has 0 saturated heterocycles. The first kappa shape index (κ1) is 13.1. The van der Waals surface area contributed by atoms with Crippen molar-refractivity contribution in [3.05, 3.63) is 53.6 Å². The van der Waals surface area contributed by atoms with Crippen molar-refractivity contribution in [1.82, 2.24) is 0 Å². The lowest BCUT2D eigenvalue weighted by atomic mass is 9.96. The Morgan fingerprint density at radius 2 is 1.95 bits per heavy atom. The topological polar surface area (TPSA) is 21.7 Å². The third kappa shape index (κ3) is 2.27. The number of hydrogen-bond donors (Lipinski definition) is 0. The highest BCUT2D eigenvalue weighted by Gasteiger charge is 2.21. The molecule has 110 valence electrons. The molecule has 0 bridgehead atoms. The van der Waals surface area contributed by atoms with Gasteiger partial charge < -0.3 is 14.4 Å².